The third-order valence-corrected chi connectivity index (χ3v) is 2.40. The number of ether oxygens (including phenoxy) is 1. The Labute approximate surface area is 98.0 Å². The Bertz CT molecular complexity index is 443. The summed E-state index contributed by atoms with van der Waals surface area (Å²) in [6.07, 6.45) is -1.54. The summed E-state index contributed by atoms with van der Waals surface area (Å²) >= 11 is 0. The molecule has 0 heterocycles. The maximum Gasteiger partial charge on any atom is 0.308 e. The fraction of sp³-hybridized carbons (Fsp3) is 0.364. The van der Waals surface area contributed by atoms with Gasteiger partial charge in [0.25, 0.3) is 5.69 Å². The minimum atomic E-state index is -1.23. The Morgan fingerprint density at radius 2 is 2.24 bits per heavy atom. The van der Waals surface area contributed by atoms with Gasteiger partial charge in [0.15, 0.2) is 0 Å². The third-order valence-electron chi connectivity index (χ3n) is 2.40. The number of aryl methyl sites for hydroxylation is 1. The van der Waals surface area contributed by atoms with Gasteiger partial charge in [-0.15, -0.1) is 0 Å². The predicted octanol–water partition coefficient (Wildman–Crippen LogP) is 1.50. The molecule has 0 amide bonds. The molecule has 0 aromatic heterocycles. The number of nitro benzene ring substituents is 1. The van der Waals surface area contributed by atoms with E-state index in [9.17, 15) is 20.0 Å². The Morgan fingerprint density at radius 1 is 1.59 bits per heavy atom. The molecular formula is C11H13NO5. The van der Waals surface area contributed by atoms with E-state index in [1.165, 1.54) is 13.2 Å². The van der Waals surface area contributed by atoms with Gasteiger partial charge in [0.05, 0.1) is 30.1 Å². The van der Waals surface area contributed by atoms with E-state index in [2.05, 4.69) is 4.74 Å². The van der Waals surface area contributed by atoms with E-state index >= 15 is 0 Å². The second kappa shape index (κ2) is 5.40. The van der Waals surface area contributed by atoms with Crippen LogP contribution in [0.15, 0.2) is 18.2 Å². The first-order valence-corrected chi connectivity index (χ1v) is 4.96. The third kappa shape index (κ3) is 3.01. The highest BCUT2D eigenvalue weighted by Gasteiger charge is 2.24. The second-order valence-corrected chi connectivity index (χ2v) is 3.57. The molecule has 0 aliphatic carbocycles. The summed E-state index contributed by atoms with van der Waals surface area (Å²) in [4.78, 5) is 21.3. The van der Waals surface area contributed by atoms with Gasteiger partial charge in [0.1, 0.15) is 0 Å². The fourth-order valence-corrected chi connectivity index (χ4v) is 1.55. The molecule has 0 saturated carbocycles. The monoisotopic (exact) mass is 239 g/mol. The minimum Gasteiger partial charge on any atom is -0.469 e. The van der Waals surface area contributed by atoms with Crippen molar-refractivity contribution in [3.05, 3.63) is 39.4 Å². The quantitative estimate of drug-likeness (QED) is 0.488. The van der Waals surface area contributed by atoms with Gasteiger partial charge in [-0.05, 0) is 13.0 Å². The summed E-state index contributed by atoms with van der Waals surface area (Å²) in [6, 6.07) is 4.60. The number of hydrogen-bond acceptors (Lipinski definition) is 5. The van der Waals surface area contributed by atoms with Crippen LogP contribution < -0.4 is 0 Å². The van der Waals surface area contributed by atoms with Crippen molar-refractivity contribution in [1.29, 1.82) is 0 Å². The standard InChI is InChI=1S/C11H13NO5/c1-7-4-3-5-8(11(7)12(15)16)9(13)6-10(14)17-2/h3-5,9,13H,6H2,1-2H3/t9-/m1/s1. The van der Waals surface area contributed by atoms with E-state index in [0.29, 0.717) is 5.56 Å². The van der Waals surface area contributed by atoms with E-state index in [1.807, 2.05) is 0 Å². The number of nitrogens with zero attached hydrogens (tertiary/aromatic N) is 1. The number of para-hydroxylation sites is 1. The van der Waals surface area contributed by atoms with Gasteiger partial charge in [0.2, 0.25) is 0 Å². The van der Waals surface area contributed by atoms with Crippen molar-refractivity contribution >= 4 is 11.7 Å². The average Bonchev–Trinajstić information content (AvgIpc) is 2.27. The van der Waals surface area contributed by atoms with Crippen LogP contribution in [0.5, 0.6) is 0 Å². The molecule has 1 aromatic carbocycles. The van der Waals surface area contributed by atoms with Gasteiger partial charge < -0.3 is 9.84 Å². The molecule has 0 saturated heterocycles. The second-order valence-electron chi connectivity index (χ2n) is 3.57. The highest BCUT2D eigenvalue weighted by atomic mass is 16.6. The number of methoxy groups -OCH3 is 1. The van der Waals surface area contributed by atoms with Crippen molar-refractivity contribution in [2.45, 2.75) is 19.4 Å². The summed E-state index contributed by atoms with van der Waals surface area (Å²) in [7, 11) is 1.19. The van der Waals surface area contributed by atoms with E-state index < -0.39 is 17.0 Å². The first-order valence-electron chi connectivity index (χ1n) is 4.96. The van der Waals surface area contributed by atoms with Gasteiger partial charge in [0, 0.05) is 5.56 Å². The number of aliphatic hydroxyl groups is 1. The van der Waals surface area contributed by atoms with Gasteiger partial charge >= 0.3 is 5.97 Å². The van der Waals surface area contributed by atoms with Crippen molar-refractivity contribution in [2.24, 2.45) is 0 Å². The molecule has 1 N–H and O–H groups in total. The topological polar surface area (TPSA) is 89.7 Å². The van der Waals surface area contributed by atoms with E-state index in [-0.39, 0.29) is 17.7 Å². The highest BCUT2D eigenvalue weighted by Crippen LogP contribution is 2.30. The van der Waals surface area contributed by atoms with Crippen LogP contribution in [0.1, 0.15) is 23.7 Å². The number of nitro groups is 1. The molecule has 6 heteroatoms. The van der Waals surface area contributed by atoms with Gasteiger partial charge in [-0.3, -0.25) is 14.9 Å². The largest absolute Gasteiger partial charge is 0.469 e. The molecule has 6 nitrogen and oxygen atoms in total. The number of carbonyl (C=O) groups is 1. The maximum atomic E-state index is 11.0. The van der Waals surface area contributed by atoms with E-state index in [4.69, 9.17) is 0 Å². The highest BCUT2D eigenvalue weighted by molar-refractivity contribution is 5.70. The summed E-state index contributed by atoms with van der Waals surface area (Å²) in [5, 5.41) is 20.7. The number of rotatable bonds is 4. The molecule has 1 atom stereocenters. The van der Waals surface area contributed by atoms with Crippen LogP contribution in [-0.2, 0) is 9.53 Å². The molecule has 0 aliphatic rings. The summed E-state index contributed by atoms with van der Waals surface area (Å²) < 4.78 is 4.40. The SMILES string of the molecule is COC(=O)C[C@@H](O)c1cccc(C)c1[N+](=O)[O-]. The zero-order chi connectivity index (χ0) is 13.0. The van der Waals surface area contributed by atoms with Gasteiger partial charge in [-0.2, -0.15) is 0 Å². The molecule has 0 bridgehead atoms. The fourth-order valence-electron chi connectivity index (χ4n) is 1.55. The first-order chi connectivity index (χ1) is 7.97. The summed E-state index contributed by atoms with van der Waals surface area (Å²) in [5.41, 5.74) is 0.403. The van der Waals surface area contributed by atoms with Crippen molar-refractivity contribution in [2.75, 3.05) is 7.11 Å². The van der Waals surface area contributed by atoms with Crippen LogP contribution in [0.3, 0.4) is 0 Å². The molecule has 92 valence electrons. The number of benzene rings is 1. The smallest absolute Gasteiger partial charge is 0.308 e. The summed E-state index contributed by atoms with van der Waals surface area (Å²) in [5.74, 6) is -0.617. The lowest BCUT2D eigenvalue weighted by Crippen LogP contribution is -2.10. The van der Waals surface area contributed by atoms with Crippen LogP contribution >= 0.6 is 0 Å². The molecular weight excluding hydrogens is 226 g/mol. The lowest BCUT2D eigenvalue weighted by Gasteiger charge is -2.11. The zero-order valence-electron chi connectivity index (χ0n) is 9.54. The van der Waals surface area contributed by atoms with Crippen LogP contribution in [0.4, 0.5) is 5.69 Å². The maximum absolute atomic E-state index is 11.0. The Hall–Kier alpha value is -1.95. The molecule has 0 fully saturated rings. The van der Waals surface area contributed by atoms with Crippen molar-refractivity contribution in [3.63, 3.8) is 0 Å². The number of aliphatic hydroxyl groups excluding tert-OH is 1. The lowest BCUT2D eigenvalue weighted by atomic mass is 10.0. The predicted molar refractivity (Wildman–Crippen MR) is 59.4 cm³/mol. The van der Waals surface area contributed by atoms with E-state index in [0.717, 1.165) is 0 Å². The number of carbonyl (C=O) groups excluding carboxylic acids is 1. The minimum absolute atomic E-state index is 0.125. The van der Waals surface area contributed by atoms with Gasteiger partial charge in [-0.1, -0.05) is 12.1 Å². The molecule has 0 spiro atoms. The normalized spacial score (nSPS) is 11.9. The van der Waals surface area contributed by atoms with Crippen molar-refractivity contribution < 1.29 is 19.6 Å². The zero-order valence-corrected chi connectivity index (χ0v) is 9.54. The lowest BCUT2D eigenvalue weighted by molar-refractivity contribution is -0.386. The molecule has 0 unspecified atom stereocenters. The van der Waals surface area contributed by atoms with Crippen LogP contribution in [0.2, 0.25) is 0 Å². The molecule has 0 radical (unpaired) electrons. The molecule has 17 heavy (non-hydrogen) atoms. The van der Waals surface area contributed by atoms with Crippen LogP contribution in [-0.4, -0.2) is 23.1 Å². The number of hydrogen-bond donors (Lipinski definition) is 1. The van der Waals surface area contributed by atoms with E-state index in [1.54, 1.807) is 19.1 Å². The Balaban J connectivity index is 3.09. The van der Waals surface area contributed by atoms with Crippen LogP contribution in [0.25, 0.3) is 0 Å². The Morgan fingerprint density at radius 3 is 2.76 bits per heavy atom. The van der Waals surface area contributed by atoms with Crippen molar-refractivity contribution in [1.82, 2.24) is 0 Å². The van der Waals surface area contributed by atoms with Crippen molar-refractivity contribution in [3.8, 4) is 0 Å². The molecule has 0 aliphatic heterocycles. The van der Waals surface area contributed by atoms with Crippen LogP contribution in [0, 0.1) is 17.0 Å². The first kappa shape index (κ1) is 13.1. The summed E-state index contributed by atoms with van der Waals surface area (Å²) in [6.45, 7) is 1.58. The number of esters is 1. The molecule has 1 aromatic rings. The average molecular weight is 239 g/mol. The Kier molecular flexibility index (Phi) is 4.17. The van der Waals surface area contributed by atoms with Gasteiger partial charge in [-0.25, -0.2) is 0 Å². The molecule has 1 rings (SSSR count).